The topological polar surface area (TPSA) is 70.7 Å². The van der Waals surface area contributed by atoms with Gasteiger partial charge in [0.05, 0.1) is 12.2 Å². The van der Waals surface area contributed by atoms with Crippen molar-refractivity contribution >= 4 is 11.0 Å². The van der Waals surface area contributed by atoms with Crippen LogP contribution in [0.5, 0.6) is 5.75 Å². The molecule has 100 valence electrons. The Morgan fingerprint density at radius 3 is 2.50 bits per heavy atom. The molecule has 0 aliphatic heterocycles. The maximum absolute atomic E-state index is 11.7. The van der Waals surface area contributed by atoms with Crippen LogP contribution in [0.15, 0.2) is 57.7 Å². The van der Waals surface area contributed by atoms with Gasteiger partial charge in [0, 0.05) is 11.5 Å². The third kappa shape index (κ3) is 1.96. The zero-order valence-corrected chi connectivity index (χ0v) is 10.5. The quantitative estimate of drug-likeness (QED) is 0.701. The average molecular weight is 268 g/mol. The van der Waals surface area contributed by atoms with Crippen LogP contribution in [0.3, 0.4) is 0 Å². The second-order valence-corrected chi connectivity index (χ2v) is 4.44. The van der Waals surface area contributed by atoms with E-state index in [2.05, 4.69) is 0 Å². The van der Waals surface area contributed by atoms with E-state index in [1.54, 1.807) is 6.07 Å². The standard InChI is InChI=1S/C16H12O4/c17-9-13-14(18)7-6-11-12(8-15(19)20-16(11)13)10-4-2-1-3-5-10/h1-8,17-18H,9H2. The predicted molar refractivity (Wildman–Crippen MR) is 75.5 cm³/mol. The number of aromatic hydroxyl groups is 1. The van der Waals surface area contributed by atoms with Crippen molar-refractivity contribution in [2.45, 2.75) is 6.61 Å². The summed E-state index contributed by atoms with van der Waals surface area (Å²) in [5, 5.41) is 19.8. The zero-order valence-electron chi connectivity index (χ0n) is 10.5. The third-order valence-corrected chi connectivity index (χ3v) is 3.23. The SMILES string of the molecule is O=c1cc(-c2ccccc2)c2ccc(O)c(CO)c2o1. The minimum Gasteiger partial charge on any atom is -0.507 e. The molecule has 4 nitrogen and oxygen atoms in total. The van der Waals surface area contributed by atoms with Crippen molar-refractivity contribution in [1.29, 1.82) is 0 Å². The van der Waals surface area contributed by atoms with Gasteiger partial charge < -0.3 is 14.6 Å². The van der Waals surface area contributed by atoms with E-state index in [1.807, 2.05) is 30.3 Å². The second kappa shape index (κ2) is 4.83. The van der Waals surface area contributed by atoms with Crippen LogP contribution in [0.25, 0.3) is 22.1 Å². The molecule has 0 atom stereocenters. The highest BCUT2D eigenvalue weighted by Crippen LogP contribution is 2.32. The van der Waals surface area contributed by atoms with Crippen molar-refractivity contribution in [2.75, 3.05) is 0 Å². The molecule has 1 aromatic heterocycles. The van der Waals surface area contributed by atoms with Crippen molar-refractivity contribution in [2.24, 2.45) is 0 Å². The minimum absolute atomic E-state index is 0.0895. The molecule has 0 spiro atoms. The van der Waals surface area contributed by atoms with Crippen LogP contribution >= 0.6 is 0 Å². The van der Waals surface area contributed by atoms with E-state index in [0.29, 0.717) is 10.9 Å². The molecule has 0 fully saturated rings. The van der Waals surface area contributed by atoms with E-state index in [0.717, 1.165) is 5.56 Å². The molecule has 0 amide bonds. The first-order chi connectivity index (χ1) is 9.70. The molecular weight excluding hydrogens is 256 g/mol. The van der Waals surface area contributed by atoms with Crippen LogP contribution in [-0.2, 0) is 6.61 Å². The molecule has 0 unspecified atom stereocenters. The summed E-state index contributed by atoms with van der Waals surface area (Å²) < 4.78 is 5.15. The number of hydrogen-bond donors (Lipinski definition) is 2. The Hall–Kier alpha value is -2.59. The Morgan fingerprint density at radius 2 is 1.80 bits per heavy atom. The number of rotatable bonds is 2. The number of aliphatic hydroxyl groups is 1. The summed E-state index contributed by atoms with van der Waals surface area (Å²) in [4.78, 5) is 11.7. The summed E-state index contributed by atoms with van der Waals surface area (Å²) in [7, 11) is 0. The second-order valence-electron chi connectivity index (χ2n) is 4.44. The lowest BCUT2D eigenvalue weighted by Crippen LogP contribution is -2.00. The fourth-order valence-corrected chi connectivity index (χ4v) is 2.28. The molecule has 0 saturated carbocycles. The lowest BCUT2D eigenvalue weighted by Gasteiger charge is -2.09. The largest absolute Gasteiger partial charge is 0.507 e. The van der Waals surface area contributed by atoms with Crippen molar-refractivity contribution in [3.05, 3.63) is 64.5 Å². The molecule has 0 aliphatic rings. The summed E-state index contributed by atoms with van der Waals surface area (Å²) in [6, 6.07) is 14.0. The molecule has 2 N–H and O–H groups in total. The number of fused-ring (bicyclic) bond motifs is 1. The van der Waals surface area contributed by atoms with Crippen LogP contribution in [0.2, 0.25) is 0 Å². The van der Waals surface area contributed by atoms with Crippen LogP contribution in [0.1, 0.15) is 5.56 Å². The molecule has 0 saturated heterocycles. The molecular formula is C16H12O4. The van der Waals surface area contributed by atoms with Crippen LogP contribution in [0, 0.1) is 0 Å². The minimum atomic E-state index is -0.517. The van der Waals surface area contributed by atoms with Gasteiger partial charge in [-0.2, -0.15) is 0 Å². The molecule has 2 aromatic carbocycles. The maximum Gasteiger partial charge on any atom is 0.336 e. The van der Waals surface area contributed by atoms with E-state index in [-0.39, 0.29) is 16.9 Å². The third-order valence-electron chi connectivity index (χ3n) is 3.23. The summed E-state index contributed by atoms with van der Waals surface area (Å²) in [5.41, 5.74) is 1.51. The first-order valence-corrected chi connectivity index (χ1v) is 6.15. The fraction of sp³-hybridized carbons (Fsp3) is 0.0625. The molecule has 0 radical (unpaired) electrons. The van der Waals surface area contributed by atoms with Gasteiger partial charge in [-0.3, -0.25) is 0 Å². The average Bonchev–Trinajstić information content (AvgIpc) is 2.47. The summed E-state index contributed by atoms with van der Waals surface area (Å²) in [5.74, 6) is -0.0895. The van der Waals surface area contributed by atoms with Crippen LogP contribution < -0.4 is 5.63 Å². The Labute approximate surface area is 114 Å². The molecule has 3 aromatic rings. The highest BCUT2D eigenvalue weighted by atomic mass is 16.4. The number of benzene rings is 2. The van der Waals surface area contributed by atoms with E-state index in [9.17, 15) is 15.0 Å². The van der Waals surface area contributed by atoms with Gasteiger partial charge in [0.15, 0.2) is 0 Å². The normalized spacial score (nSPS) is 10.8. The number of aliphatic hydroxyl groups excluding tert-OH is 1. The number of phenols is 1. The van der Waals surface area contributed by atoms with Crippen molar-refractivity contribution < 1.29 is 14.6 Å². The van der Waals surface area contributed by atoms with Gasteiger partial charge >= 0.3 is 5.63 Å². The van der Waals surface area contributed by atoms with Gasteiger partial charge in [-0.25, -0.2) is 4.79 Å². The Morgan fingerprint density at radius 1 is 1.05 bits per heavy atom. The first-order valence-electron chi connectivity index (χ1n) is 6.15. The highest BCUT2D eigenvalue weighted by molar-refractivity contribution is 5.95. The van der Waals surface area contributed by atoms with Gasteiger partial charge in [-0.15, -0.1) is 0 Å². The smallest absolute Gasteiger partial charge is 0.336 e. The van der Waals surface area contributed by atoms with Crippen molar-refractivity contribution in [3.8, 4) is 16.9 Å². The Bertz CT molecular complexity index is 819. The van der Waals surface area contributed by atoms with Crippen molar-refractivity contribution in [1.82, 2.24) is 0 Å². The lowest BCUT2D eigenvalue weighted by atomic mass is 10.00. The van der Waals surface area contributed by atoms with Gasteiger partial charge in [-0.1, -0.05) is 30.3 Å². The fourth-order valence-electron chi connectivity index (χ4n) is 2.28. The van der Waals surface area contributed by atoms with Crippen LogP contribution in [-0.4, -0.2) is 10.2 Å². The molecule has 1 heterocycles. The molecule has 0 aliphatic carbocycles. The van der Waals surface area contributed by atoms with Gasteiger partial charge in [-0.05, 0) is 23.3 Å². The molecule has 4 heteroatoms. The van der Waals surface area contributed by atoms with E-state index in [1.165, 1.54) is 12.1 Å². The van der Waals surface area contributed by atoms with Crippen LogP contribution in [0.4, 0.5) is 0 Å². The highest BCUT2D eigenvalue weighted by Gasteiger charge is 2.13. The molecule has 20 heavy (non-hydrogen) atoms. The summed E-state index contributed by atoms with van der Waals surface area (Å²) in [6.45, 7) is -0.398. The van der Waals surface area contributed by atoms with Gasteiger partial charge in [0.25, 0.3) is 0 Å². The zero-order chi connectivity index (χ0) is 14.1. The monoisotopic (exact) mass is 268 g/mol. The lowest BCUT2D eigenvalue weighted by molar-refractivity contribution is 0.275. The van der Waals surface area contributed by atoms with E-state index in [4.69, 9.17) is 4.42 Å². The Balaban J connectivity index is 2.42. The summed E-state index contributed by atoms with van der Waals surface area (Å²) in [6.07, 6.45) is 0. The van der Waals surface area contributed by atoms with E-state index >= 15 is 0 Å². The van der Waals surface area contributed by atoms with Gasteiger partial charge in [0.2, 0.25) is 0 Å². The van der Waals surface area contributed by atoms with E-state index < -0.39 is 12.2 Å². The predicted octanol–water partition coefficient (Wildman–Crippen LogP) is 2.66. The summed E-state index contributed by atoms with van der Waals surface area (Å²) >= 11 is 0. The van der Waals surface area contributed by atoms with Crippen molar-refractivity contribution in [3.63, 3.8) is 0 Å². The molecule has 0 bridgehead atoms. The molecule has 3 rings (SSSR count). The Kier molecular flexibility index (Phi) is 3.00. The maximum atomic E-state index is 11.7. The number of hydrogen-bond acceptors (Lipinski definition) is 4. The van der Waals surface area contributed by atoms with Gasteiger partial charge in [0.1, 0.15) is 11.3 Å². The first kappa shape index (κ1) is 12.4.